The second-order valence-corrected chi connectivity index (χ2v) is 6.06. The van der Waals surface area contributed by atoms with E-state index in [1.54, 1.807) is 16.8 Å². The van der Waals surface area contributed by atoms with Crippen molar-refractivity contribution in [2.45, 2.75) is 0 Å². The number of nitrogens with zero attached hydrogens (tertiary/aromatic N) is 1. The van der Waals surface area contributed by atoms with Gasteiger partial charge in [0.2, 0.25) is 0 Å². The van der Waals surface area contributed by atoms with Gasteiger partial charge in [0.1, 0.15) is 0 Å². The van der Waals surface area contributed by atoms with Crippen LogP contribution in [0.25, 0.3) is 21.0 Å². The molecule has 0 saturated carbocycles. The van der Waals surface area contributed by atoms with Gasteiger partial charge in [-0.2, -0.15) is 0 Å². The zero-order valence-electron chi connectivity index (χ0n) is 12.1. The number of aromatic nitrogens is 1. The van der Waals surface area contributed by atoms with Crippen molar-refractivity contribution in [2.24, 2.45) is 0 Å². The number of benzene rings is 3. The summed E-state index contributed by atoms with van der Waals surface area (Å²) in [6.45, 7) is 0. The lowest BCUT2D eigenvalue weighted by Crippen LogP contribution is -2.19. The molecule has 23 heavy (non-hydrogen) atoms. The van der Waals surface area contributed by atoms with E-state index < -0.39 is 0 Å². The number of anilines is 2. The van der Waals surface area contributed by atoms with Crippen LogP contribution in [0.3, 0.4) is 0 Å². The Labute approximate surface area is 136 Å². The Morgan fingerprint density at radius 2 is 1.61 bits per heavy atom. The molecule has 4 nitrogen and oxygen atoms in total. The maximum atomic E-state index is 12.2. The number of fused-ring (bicyclic) bond motifs is 2. The number of urea groups is 1. The molecule has 0 unspecified atom stereocenters. The van der Waals surface area contributed by atoms with Gasteiger partial charge in [0.05, 0.1) is 15.7 Å². The summed E-state index contributed by atoms with van der Waals surface area (Å²) < 4.78 is 1.10. The van der Waals surface area contributed by atoms with E-state index in [-0.39, 0.29) is 6.03 Å². The Hall–Kier alpha value is -2.92. The summed E-state index contributed by atoms with van der Waals surface area (Å²) in [6, 6.07) is 19.3. The van der Waals surface area contributed by atoms with Gasteiger partial charge in [-0.25, -0.2) is 9.78 Å². The summed E-state index contributed by atoms with van der Waals surface area (Å²) in [5, 5.41) is 7.93. The van der Waals surface area contributed by atoms with Crippen molar-refractivity contribution in [3.8, 4) is 0 Å². The molecule has 0 fully saturated rings. The van der Waals surface area contributed by atoms with Gasteiger partial charge in [0.25, 0.3) is 0 Å². The summed E-state index contributed by atoms with van der Waals surface area (Å²) in [5.41, 5.74) is 4.17. The van der Waals surface area contributed by atoms with Gasteiger partial charge >= 0.3 is 6.03 Å². The first-order valence-corrected chi connectivity index (χ1v) is 8.06. The lowest BCUT2D eigenvalue weighted by Gasteiger charge is -2.08. The first kappa shape index (κ1) is 13.7. The number of amides is 2. The molecule has 2 amide bonds. The molecule has 0 saturated heterocycles. The largest absolute Gasteiger partial charge is 0.323 e. The molecule has 0 spiro atoms. The summed E-state index contributed by atoms with van der Waals surface area (Å²) >= 11 is 1.58. The monoisotopic (exact) mass is 319 g/mol. The number of nitrogens with one attached hydrogen (secondary N) is 2. The zero-order valence-corrected chi connectivity index (χ0v) is 12.9. The lowest BCUT2D eigenvalue weighted by molar-refractivity contribution is 0.262. The molecule has 0 aliphatic carbocycles. The van der Waals surface area contributed by atoms with E-state index in [1.807, 2.05) is 60.7 Å². The molecule has 1 aromatic heterocycles. The molecule has 0 aliphatic rings. The molecule has 5 heteroatoms. The van der Waals surface area contributed by atoms with Crippen LogP contribution < -0.4 is 10.6 Å². The second kappa shape index (κ2) is 5.70. The highest BCUT2D eigenvalue weighted by atomic mass is 32.1. The van der Waals surface area contributed by atoms with Crippen LogP contribution in [0, 0.1) is 0 Å². The number of rotatable bonds is 2. The molecular weight excluding hydrogens is 306 g/mol. The van der Waals surface area contributed by atoms with Gasteiger partial charge in [-0.3, -0.25) is 0 Å². The minimum absolute atomic E-state index is 0.269. The summed E-state index contributed by atoms with van der Waals surface area (Å²) in [7, 11) is 0. The van der Waals surface area contributed by atoms with E-state index in [0.29, 0.717) is 0 Å². The molecule has 2 N–H and O–H groups in total. The smallest absolute Gasteiger partial charge is 0.308 e. The van der Waals surface area contributed by atoms with Crippen molar-refractivity contribution in [3.63, 3.8) is 0 Å². The van der Waals surface area contributed by atoms with E-state index in [2.05, 4.69) is 15.6 Å². The van der Waals surface area contributed by atoms with Gasteiger partial charge in [-0.15, -0.1) is 11.3 Å². The first-order valence-electron chi connectivity index (χ1n) is 7.18. The summed E-state index contributed by atoms with van der Waals surface area (Å²) in [5.74, 6) is 0. The van der Waals surface area contributed by atoms with Gasteiger partial charge < -0.3 is 10.6 Å². The number of hydrogen-bond donors (Lipinski definition) is 2. The average Bonchev–Trinajstić information content (AvgIpc) is 3.02. The predicted molar refractivity (Wildman–Crippen MR) is 96.2 cm³/mol. The third-order valence-corrected chi connectivity index (χ3v) is 4.41. The molecule has 0 atom stereocenters. The van der Waals surface area contributed by atoms with E-state index in [0.717, 1.165) is 32.4 Å². The highest BCUT2D eigenvalue weighted by Gasteiger charge is 2.05. The van der Waals surface area contributed by atoms with Gasteiger partial charge in [0, 0.05) is 11.4 Å². The van der Waals surface area contributed by atoms with Crippen LogP contribution in [0.5, 0.6) is 0 Å². The highest BCUT2D eigenvalue weighted by Crippen LogP contribution is 2.22. The third kappa shape index (κ3) is 2.86. The molecule has 4 aromatic rings. The Balaban J connectivity index is 1.51. The SMILES string of the molecule is O=C(Nc1ccc2ccccc2c1)Nc1ccc2scnc2c1. The van der Waals surface area contributed by atoms with Gasteiger partial charge in [-0.05, 0) is 41.1 Å². The molecule has 112 valence electrons. The highest BCUT2D eigenvalue weighted by molar-refractivity contribution is 7.16. The summed E-state index contributed by atoms with van der Waals surface area (Å²) in [6.07, 6.45) is 0. The molecule has 1 heterocycles. The quantitative estimate of drug-likeness (QED) is 0.540. The maximum Gasteiger partial charge on any atom is 0.323 e. The fraction of sp³-hybridized carbons (Fsp3) is 0. The Bertz CT molecular complexity index is 1010. The fourth-order valence-corrected chi connectivity index (χ4v) is 3.15. The third-order valence-electron chi connectivity index (χ3n) is 3.60. The molecular formula is C18H13N3OS. The van der Waals surface area contributed by atoms with Crippen LogP contribution in [-0.2, 0) is 0 Å². The summed E-state index contributed by atoms with van der Waals surface area (Å²) in [4.78, 5) is 16.4. The van der Waals surface area contributed by atoms with E-state index >= 15 is 0 Å². The van der Waals surface area contributed by atoms with Crippen molar-refractivity contribution < 1.29 is 4.79 Å². The molecule has 3 aromatic carbocycles. The fourth-order valence-electron chi connectivity index (χ4n) is 2.50. The lowest BCUT2D eigenvalue weighted by atomic mass is 10.1. The second-order valence-electron chi connectivity index (χ2n) is 5.18. The molecule has 0 radical (unpaired) electrons. The molecule has 0 aliphatic heterocycles. The van der Waals surface area contributed by atoms with Crippen molar-refractivity contribution in [1.29, 1.82) is 0 Å². The number of carbonyl (C=O) groups excluding carboxylic acids is 1. The van der Waals surface area contributed by atoms with Gasteiger partial charge in [0.15, 0.2) is 0 Å². The topological polar surface area (TPSA) is 54.0 Å². The standard InChI is InChI=1S/C18H13N3OS/c22-18(21-15-7-8-17-16(10-15)19-11-23-17)20-14-6-5-12-3-1-2-4-13(12)9-14/h1-11H,(H2,20,21,22). The number of hydrogen-bond acceptors (Lipinski definition) is 3. The van der Waals surface area contributed by atoms with E-state index in [4.69, 9.17) is 0 Å². The van der Waals surface area contributed by atoms with Crippen LogP contribution >= 0.6 is 11.3 Å². The van der Waals surface area contributed by atoms with Crippen LogP contribution in [0.4, 0.5) is 16.2 Å². The molecule has 0 bridgehead atoms. The van der Waals surface area contributed by atoms with Crippen LogP contribution in [0.1, 0.15) is 0 Å². The van der Waals surface area contributed by atoms with Gasteiger partial charge in [-0.1, -0.05) is 30.3 Å². The normalized spacial score (nSPS) is 10.8. The Kier molecular flexibility index (Phi) is 3.40. The number of carbonyl (C=O) groups is 1. The minimum atomic E-state index is -0.269. The minimum Gasteiger partial charge on any atom is -0.308 e. The van der Waals surface area contributed by atoms with Crippen LogP contribution in [0.2, 0.25) is 0 Å². The zero-order chi connectivity index (χ0) is 15.6. The average molecular weight is 319 g/mol. The first-order chi connectivity index (χ1) is 11.3. The van der Waals surface area contributed by atoms with Crippen LogP contribution in [0.15, 0.2) is 66.2 Å². The van der Waals surface area contributed by atoms with Crippen molar-refractivity contribution in [3.05, 3.63) is 66.2 Å². The van der Waals surface area contributed by atoms with Crippen molar-refractivity contribution in [2.75, 3.05) is 10.6 Å². The van der Waals surface area contributed by atoms with E-state index in [9.17, 15) is 4.79 Å². The maximum absolute atomic E-state index is 12.2. The Morgan fingerprint density at radius 1 is 0.870 bits per heavy atom. The number of thiazole rings is 1. The van der Waals surface area contributed by atoms with Crippen molar-refractivity contribution >= 4 is 49.7 Å². The van der Waals surface area contributed by atoms with Crippen molar-refractivity contribution in [1.82, 2.24) is 4.98 Å². The van der Waals surface area contributed by atoms with E-state index in [1.165, 1.54) is 0 Å². The predicted octanol–water partition coefficient (Wildman–Crippen LogP) is 5.09. The van der Waals surface area contributed by atoms with Crippen LogP contribution in [-0.4, -0.2) is 11.0 Å². The molecule has 4 rings (SSSR count). The Morgan fingerprint density at radius 3 is 2.48 bits per heavy atom.